The van der Waals surface area contributed by atoms with Crippen molar-refractivity contribution < 1.29 is 22.7 Å². The molecule has 0 unspecified atom stereocenters. The lowest BCUT2D eigenvalue weighted by molar-refractivity contribution is -0.181. The summed E-state index contributed by atoms with van der Waals surface area (Å²) in [6, 6.07) is 7.09. The van der Waals surface area contributed by atoms with Gasteiger partial charge in [0.05, 0.1) is 22.5 Å². The average Bonchev–Trinajstić information content (AvgIpc) is 3.56. The molecule has 2 aliphatic rings. The Bertz CT molecular complexity index is 1370. The first-order valence-electron chi connectivity index (χ1n) is 10.0. The van der Waals surface area contributed by atoms with Gasteiger partial charge in [-0.3, -0.25) is 4.99 Å². The van der Waals surface area contributed by atoms with E-state index >= 15 is 0 Å². The quantitative estimate of drug-likeness (QED) is 0.683. The number of nitrogens with one attached hydrogen (secondary N) is 2. The van der Waals surface area contributed by atoms with Crippen molar-refractivity contribution >= 4 is 35.6 Å². The molecule has 0 radical (unpaired) electrons. The highest BCUT2D eigenvalue weighted by molar-refractivity contribution is 6.44. The molecular formula is C24H19F3N4O2. The number of hydrogen-bond donors (Lipinski definition) is 2. The Kier molecular flexibility index (Phi) is 6.12. The summed E-state index contributed by atoms with van der Waals surface area (Å²) in [5.41, 5.74) is 3.22. The van der Waals surface area contributed by atoms with Gasteiger partial charge in [-0.2, -0.15) is 13.2 Å². The van der Waals surface area contributed by atoms with Crippen molar-refractivity contribution in [2.75, 3.05) is 6.61 Å². The van der Waals surface area contributed by atoms with Gasteiger partial charge in [-0.05, 0) is 67.6 Å². The maximum atomic E-state index is 12.6. The first-order chi connectivity index (χ1) is 15.8. The van der Waals surface area contributed by atoms with Crippen LogP contribution in [0.3, 0.4) is 0 Å². The van der Waals surface area contributed by atoms with E-state index in [9.17, 15) is 18.0 Å². The number of halogens is 3. The highest BCUT2D eigenvalue weighted by Crippen LogP contribution is 2.18. The minimum absolute atomic E-state index is 0.0743. The molecule has 9 heteroatoms. The number of alkyl halides is 3. The lowest BCUT2D eigenvalue weighted by Gasteiger charge is -2.09. The number of rotatable bonds is 5. The molecule has 0 bridgehead atoms. The van der Waals surface area contributed by atoms with E-state index in [0.29, 0.717) is 16.4 Å². The molecular weight excluding hydrogens is 433 g/mol. The predicted molar refractivity (Wildman–Crippen MR) is 121 cm³/mol. The molecule has 0 aliphatic carbocycles. The van der Waals surface area contributed by atoms with Gasteiger partial charge in [0.2, 0.25) is 0 Å². The Morgan fingerprint density at radius 2 is 1.82 bits per heavy atom. The van der Waals surface area contributed by atoms with Crippen LogP contribution >= 0.6 is 0 Å². The summed E-state index contributed by atoms with van der Waals surface area (Å²) in [5, 5.41) is 0.938. The second kappa shape index (κ2) is 9.15. The number of aromatic nitrogens is 2. The van der Waals surface area contributed by atoms with Crippen LogP contribution in [0.2, 0.25) is 0 Å². The summed E-state index contributed by atoms with van der Waals surface area (Å²) < 4.78 is 42.2. The van der Waals surface area contributed by atoms with E-state index in [1.54, 1.807) is 43.5 Å². The number of H-pyrrole nitrogens is 2. The summed E-state index contributed by atoms with van der Waals surface area (Å²) in [5.74, 6) is -1.11. The minimum Gasteiger partial charge on any atom is -0.452 e. The Hall–Kier alpha value is -4.14. The molecule has 6 nitrogen and oxygen atoms in total. The first kappa shape index (κ1) is 22.1. The van der Waals surface area contributed by atoms with Crippen LogP contribution in [0.15, 0.2) is 76.0 Å². The van der Waals surface area contributed by atoms with Crippen LogP contribution < -0.4 is 10.7 Å². The largest absolute Gasteiger partial charge is 0.452 e. The summed E-state index contributed by atoms with van der Waals surface area (Å²) in [6.45, 7) is 0.0911. The van der Waals surface area contributed by atoms with Gasteiger partial charge in [-0.15, -0.1) is 0 Å². The Balaban J connectivity index is 1.69. The fraction of sp³-hybridized carbons (Fsp3) is 0.125. The third-order valence-electron chi connectivity index (χ3n) is 4.68. The van der Waals surface area contributed by atoms with Crippen LogP contribution in [0, 0.1) is 0 Å². The number of esters is 1. The zero-order valence-corrected chi connectivity index (χ0v) is 17.5. The van der Waals surface area contributed by atoms with Crippen LogP contribution in [0.4, 0.5) is 13.2 Å². The molecule has 2 aromatic heterocycles. The molecule has 0 fully saturated rings. The second-order valence-corrected chi connectivity index (χ2v) is 7.16. The fourth-order valence-corrected chi connectivity index (χ4v) is 3.22. The van der Waals surface area contributed by atoms with Crippen molar-refractivity contribution in [1.29, 1.82) is 0 Å². The molecule has 0 saturated carbocycles. The SMILES string of the molecule is C/C=C1/C=CC(C(C(=O)OCC(F)(F)F)=c2cc/c(=C/c3ccc(/C=C4/C=CC=N4)[nH]3)[nH]2)=N1. The molecule has 4 rings (SSSR count). The zero-order chi connectivity index (χ0) is 23.4. The van der Waals surface area contributed by atoms with E-state index in [4.69, 9.17) is 0 Å². The van der Waals surface area contributed by atoms with Crippen molar-refractivity contribution in [3.05, 3.63) is 88.1 Å². The van der Waals surface area contributed by atoms with E-state index in [1.807, 2.05) is 36.4 Å². The van der Waals surface area contributed by atoms with Crippen LogP contribution in [-0.2, 0) is 9.53 Å². The number of carbonyl (C=O) groups is 1. The molecule has 168 valence electrons. The molecule has 2 N–H and O–H groups in total. The summed E-state index contributed by atoms with van der Waals surface area (Å²) in [6.07, 6.45) is 9.47. The molecule has 0 spiro atoms. The minimum atomic E-state index is -4.63. The molecule has 0 aromatic carbocycles. The second-order valence-electron chi connectivity index (χ2n) is 7.16. The number of aromatic amines is 2. The van der Waals surface area contributed by atoms with Gasteiger partial charge in [0.1, 0.15) is 5.57 Å². The number of carbonyl (C=O) groups excluding carboxylic acids is 1. The summed E-state index contributed by atoms with van der Waals surface area (Å²) >= 11 is 0. The summed E-state index contributed by atoms with van der Waals surface area (Å²) in [4.78, 5) is 27.3. The topological polar surface area (TPSA) is 82.6 Å². The fourth-order valence-electron chi connectivity index (χ4n) is 3.22. The molecule has 0 saturated heterocycles. The molecule has 33 heavy (non-hydrogen) atoms. The maximum absolute atomic E-state index is 12.6. The normalized spacial score (nSPS) is 19.2. The predicted octanol–water partition coefficient (Wildman–Crippen LogP) is 3.32. The monoisotopic (exact) mass is 452 g/mol. The number of aliphatic imine (C=N–C) groups is 2. The van der Waals surface area contributed by atoms with Gasteiger partial charge in [-0.25, -0.2) is 9.79 Å². The van der Waals surface area contributed by atoms with E-state index in [2.05, 4.69) is 24.7 Å². The standard InChI is InChI=1S/C24H19F3N4O2/c1-2-15-7-9-20(30-15)22(23(32)33-14-24(25,26)27)21-10-8-19(31-21)13-18-6-5-17(29-18)12-16-4-3-11-28-16/h2-13,29,31H,14H2,1H3/b15-2-,16-12-,19-13-,22-21?. The van der Waals surface area contributed by atoms with Gasteiger partial charge in [0.25, 0.3) is 0 Å². The van der Waals surface area contributed by atoms with Gasteiger partial charge in [0.15, 0.2) is 6.61 Å². The van der Waals surface area contributed by atoms with Crippen LogP contribution in [0.25, 0.3) is 17.7 Å². The van der Waals surface area contributed by atoms with Gasteiger partial charge >= 0.3 is 12.1 Å². The molecule has 2 aromatic rings. The van der Waals surface area contributed by atoms with E-state index < -0.39 is 18.8 Å². The number of hydrogen-bond acceptors (Lipinski definition) is 4. The Morgan fingerprint density at radius 3 is 2.48 bits per heavy atom. The third kappa shape index (κ3) is 5.57. The summed E-state index contributed by atoms with van der Waals surface area (Å²) in [7, 11) is 0. The maximum Gasteiger partial charge on any atom is 0.422 e. The van der Waals surface area contributed by atoms with Crippen molar-refractivity contribution in [2.24, 2.45) is 9.98 Å². The highest BCUT2D eigenvalue weighted by atomic mass is 19.4. The number of allylic oxidation sites excluding steroid dienone is 5. The van der Waals surface area contributed by atoms with E-state index in [-0.39, 0.29) is 11.3 Å². The molecule has 0 amide bonds. The lowest BCUT2D eigenvalue weighted by atomic mass is 10.1. The molecule has 0 atom stereocenters. The Morgan fingerprint density at radius 1 is 1.03 bits per heavy atom. The zero-order valence-electron chi connectivity index (χ0n) is 17.5. The Labute approximate surface area is 186 Å². The van der Waals surface area contributed by atoms with Crippen LogP contribution in [-0.4, -0.2) is 40.6 Å². The highest BCUT2D eigenvalue weighted by Gasteiger charge is 2.31. The first-order valence-corrected chi connectivity index (χ1v) is 10.0. The van der Waals surface area contributed by atoms with Gasteiger partial charge < -0.3 is 14.7 Å². The molecule has 4 heterocycles. The molecule has 2 aliphatic heterocycles. The van der Waals surface area contributed by atoms with Crippen molar-refractivity contribution in [2.45, 2.75) is 13.1 Å². The van der Waals surface area contributed by atoms with Crippen molar-refractivity contribution in [3.63, 3.8) is 0 Å². The van der Waals surface area contributed by atoms with Crippen LogP contribution in [0.5, 0.6) is 0 Å². The van der Waals surface area contributed by atoms with E-state index in [0.717, 1.165) is 17.1 Å². The smallest absolute Gasteiger partial charge is 0.422 e. The third-order valence-corrected chi connectivity index (χ3v) is 4.68. The van der Waals surface area contributed by atoms with E-state index in [1.165, 1.54) is 0 Å². The van der Waals surface area contributed by atoms with Gasteiger partial charge in [0, 0.05) is 23.0 Å². The van der Waals surface area contributed by atoms with Crippen molar-refractivity contribution in [1.82, 2.24) is 9.97 Å². The lowest BCUT2D eigenvalue weighted by Crippen LogP contribution is -2.27. The number of nitrogens with zero attached hydrogens (tertiary/aromatic N) is 2. The average molecular weight is 452 g/mol. The number of ether oxygens (including phenoxy) is 1. The van der Waals surface area contributed by atoms with Crippen molar-refractivity contribution in [3.8, 4) is 0 Å². The van der Waals surface area contributed by atoms with Crippen LogP contribution in [0.1, 0.15) is 18.3 Å². The van der Waals surface area contributed by atoms with Gasteiger partial charge in [-0.1, -0.05) is 6.08 Å².